The van der Waals surface area contributed by atoms with Crippen LogP contribution in [0.5, 0.6) is 0 Å². The molecule has 9 heteroatoms. The maximum atomic E-state index is 12.2. The number of carbonyl (C=O) groups is 1. The van der Waals surface area contributed by atoms with Crippen molar-refractivity contribution in [1.82, 2.24) is 19.9 Å². The largest absolute Gasteiger partial charge is 0.360 e. The third-order valence-corrected chi connectivity index (χ3v) is 5.66. The number of nitrogens with one attached hydrogen (secondary N) is 1. The Bertz CT molecular complexity index is 1060. The van der Waals surface area contributed by atoms with Crippen LogP contribution in [0.15, 0.2) is 63.6 Å². The Balaban J connectivity index is 1.53. The second-order valence-electron chi connectivity index (χ2n) is 5.99. The van der Waals surface area contributed by atoms with Gasteiger partial charge in [-0.2, -0.15) is 0 Å². The molecule has 0 aliphatic carbocycles. The van der Waals surface area contributed by atoms with E-state index in [0.29, 0.717) is 23.2 Å². The van der Waals surface area contributed by atoms with Crippen molar-refractivity contribution in [2.24, 2.45) is 0 Å². The number of hydrogen-bond acceptors (Lipinski definition) is 7. The monoisotopic (exact) mass is 411 g/mol. The van der Waals surface area contributed by atoms with Gasteiger partial charge in [-0.25, -0.2) is 0 Å². The lowest BCUT2D eigenvalue weighted by Crippen LogP contribution is -2.14. The van der Waals surface area contributed by atoms with E-state index in [9.17, 15) is 4.79 Å². The zero-order chi connectivity index (χ0) is 19.3. The molecule has 28 heavy (non-hydrogen) atoms. The first-order valence-electron chi connectivity index (χ1n) is 8.57. The number of thioether (sulfide) groups is 1. The van der Waals surface area contributed by atoms with Crippen LogP contribution < -0.4 is 5.32 Å². The summed E-state index contributed by atoms with van der Waals surface area (Å²) >= 11 is 3.02. The Labute approximate surface area is 169 Å². The summed E-state index contributed by atoms with van der Waals surface area (Å²) in [4.78, 5) is 13.4. The van der Waals surface area contributed by atoms with Crippen molar-refractivity contribution in [1.29, 1.82) is 0 Å². The van der Waals surface area contributed by atoms with Gasteiger partial charge in [-0.3, -0.25) is 9.36 Å². The summed E-state index contributed by atoms with van der Waals surface area (Å²) in [6.07, 6.45) is 0.685. The lowest BCUT2D eigenvalue weighted by atomic mass is 10.3. The fourth-order valence-electron chi connectivity index (χ4n) is 2.65. The summed E-state index contributed by atoms with van der Waals surface area (Å²) in [6, 6.07) is 15.7. The Kier molecular flexibility index (Phi) is 5.54. The molecule has 0 spiro atoms. The molecule has 0 aliphatic rings. The molecular weight excluding hydrogens is 394 g/mol. The molecule has 3 heterocycles. The van der Waals surface area contributed by atoms with Crippen LogP contribution in [0.25, 0.3) is 5.69 Å². The van der Waals surface area contributed by atoms with E-state index < -0.39 is 0 Å². The number of anilines is 1. The van der Waals surface area contributed by atoms with Crippen molar-refractivity contribution < 1.29 is 9.32 Å². The molecule has 1 aromatic carbocycles. The molecule has 0 fully saturated rings. The molecule has 0 atom stereocenters. The van der Waals surface area contributed by atoms with Gasteiger partial charge in [-0.1, -0.05) is 41.2 Å². The van der Waals surface area contributed by atoms with Crippen LogP contribution in [0.2, 0.25) is 0 Å². The number of carbonyl (C=O) groups excluding carboxylic acids is 1. The average Bonchev–Trinajstić information content (AvgIpc) is 3.43. The predicted molar refractivity (Wildman–Crippen MR) is 109 cm³/mol. The van der Waals surface area contributed by atoms with Crippen molar-refractivity contribution >= 4 is 34.8 Å². The molecule has 0 aliphatic heterocycles. The SMILES string of the molecule is Cc1cc(NC(=O)CSc2nnc(Cc3cccs3)n2-c2ccccc2)no1. The normalized spacial score (nSPS) is 10.9. The number of aromatic nitrogens is 4. The first-order valence-corrected chi connectivity index (χ1v) is 10.4. The molecule has 7 nitrogen and oxygen atoms in total. The second-order valence-corrected chi connectivity index (χ2v) is 7.96. The van der Waals surface area contributed by atoms with E-state index in [1.165, 1.54) is 16.6 Å². The summed E-state index contributed by atoms with van der Waals surface area (Å²) in [5.74, 6) is 1.90. The van der Waals surface area contributed by atoms with Crippen LogP contribution >= 0.6 is 23.1 Å². The molecule has 3 aromatic heterocycles. The van der Waals surface area contributed by atoms with Crippen LogP contribution in [0.1, 0.15) is 16.5 Å². The summed E-state index contributed by atoms with van der Waals surface area (Å²) in [7, 11) is 0. The summed E-state index contributed by atoms with van der Waals surface area (Å²) in [5.41, 5.74) is 0.967. The quantitative estimate of drug-likeness (QED) is 0.464. The number of hydrogen-bond donors (Lipinski definition) is 1. The van der Waals surface area contributed by atoms with E-state index in [0.717, 1.165) is 11.5 Å². The molecule has 0 saturated heterocycles. The van der Waals surface area contributed by atoms with E-state index >= 15 is 0 Å². The van der Waals surface area contributed by atoms with Gasteiger partial charge in [0.1, 0.15) is 11.6 Å². The van der Waals surface area contributed by atoms with Gasteiger partial charge in [0, 0.05) is 23.1 Å². The Hall–Kier alpha value is -2.91. The number of amides is 1. The first-order chi connectivity index (χ1) is 13.7. The lowest BCUT2D eigenvalue weighted by molar-refractivity contribution is -0.113. The number of aryl methyl sites for hydroxylation is 1. The molecule has 0 bridgehead atoms. The van der Waals surface area contributed by atoms with Crippen molar-refractivity contribution in [2.75, 3.05) is 11.1 Å². The molecule has 1 N–H and O–H groups in total. The smallest absolute Gasteiger partial charge is 0.236 e. The van der Waals surface area contributed by atoms with Crippen molar-refractivity contribution in [2.45, 2.75) is 18.5 Å². The van der Waals surface area contributed by atoms with Crippen LogP contribution in [-0.4, -0.2) is 31.6 Å². The van der Waals surface area contributed by atoms with Gasteiger partial charge in [0.2, 0.25) is 5.91 Å². The second kappa shape index (κ2) is 8.41. The molecule has 4 aromatic rings. The molecule has 142 valence electrons. The highest BCUT2D eigenvalue weighted by molar-refractivity contribution is 7.99. The molecular formula is C19H17N5O2S2. The molecule has 0 unspecified atom stereocenters. The third-order valence-electron chi connectivity index (χ3n) is 3.86. The van der Waals surface area contributed by atoms with Crippen LogP contribution in [0.4, 0.5) is 5.82 Å². The van der Waals surface area contributed by atoms with E-state index in [2.05, 4.69) is 26.7 Å². The summed E-state index contributed by atoms with van der Waals surface area (Å²) < 4.78 is 6.96. The minimum Gasteiger partial charge on any atom is -0.360 e. The standard InChI is InChI=1S/C19H17N5O2S2/c1-13-10-16(23-26-13)20-18(25)12-28-19-22-21-17(11-15-8-5-9-27-15)24(19)14-6-3-2-4-7-14/h2-10H,11-12H2,1H3,(H,20,23,25). The fraction of sp³-hybridized carbons (Fsp3) is 0.158. The average molecular weight is 412 g/mol. The van der Waals surface area contributed by atoms with Gasteiger partial charge >= 0.3 is 0 Å². The van der Waals surface area contributed by atoms with E-state index in [1.807, 2.05) is 46.3 Å². The first kappa shape index (κ1) is 18.5. The van der Waals surface area contributed by atoms with Gasteiger partial charge in [-0.05, 0) is 30.5 Å². The number of nitrogens with zero attached hydrogens (tertiary/aromatic N) is 4. The number of benzene rings is 1. The Morgan fingerprint density at radius 2 is 2.07 bits per heavy atom. The predicted octanol–water partition coefficient (Wildman–Crippen LogP) is 3.95. The maximum absolute atomic E-state index is 12.2. The van der Waals surface area contributed by atoms with E-state index in [4.69, 9.17) is 4.52 Å². The van der Waals surface area contributed by atoms with E-state index in [-0.39, 0.29) is 11.7 Å². The minimum atomic E-state index is -0.180. The van der Waals surface area contributed by atoms with Crippen LogP contribution in [0.3, 0.4) is 0 Å². The van der Waals surface area contributed by atoms with Crippen LogP contribution in [0, 0.1) is 6.92 Å². The highest BCUT2D eigenvalue weighted by Gasteiger charge is 2.17. The van der Waals surface area contributed by atoms with Gasteiger partial charge in [0.25, 0.3) is 0 Å². The maximum Gasteiger partial charge on any atom is 0.236 e. The third kappa shape index (κ3) is 4.32. The molecule has 4 rings (SSSR count). The van der Waals surface area contributed by atoms with Gasteiger partial charge in [0.05, 0.1) is 5.75 Å². The van der Waals surface area contributed by atoms with Gasteiger partial charge in [0.15, 0.2) is 11.0 Å². The van der Waals surface area contributed by atoms with Crippen molar-refractivity contribution in [3.05, 3.63) is 70.4 Å². The van der Waals surface area contributed by atoms with Gasteiger partial charge < -0.3 is 9.84 Å². The molecule has 0 saturated carbocycles. The van der Waals surface area contributed by atoms with Crippen molar-refractivity contribution in [3.8, 4) is 5.69 Å². The Morgan fingerprint density at radius 1 is 1.21 bits per heavy atom. The number of rotatable bonds is 7. The molecule has 0 radical (unpaired) electrons. The zero-order valence-corrected chi connectivity index (χ0v) is 16.7. The molecule has 1 amide bonds. The number of thiophene rings is 1. The lowest BCUT2D eigenvalue weighted by Gasteiger charge is -2.09. The van der Waals surface area contributed by atoms with Crippen LogP contribution in [-0.2, 0) is 11.2 Å². The number of para-hydroxylation sites is 1. The highest BCUT2D eigenvalue weighted by atomic mass is 32.2. The fourth-order valence-corrected chi connectivity index (χ4v) is 4.12. The van der Waals surface area contributed by atoms with E-state index in [1.54, 1.807) is 24.3 Å². The Morgan fingerprint density at radius 3 is 2.79 bits per heavy atom. The minimum absolute atomic E-state index is 0.180. The van der Waals surface area contributed by atoms with Gasteiger partial charge in [-0.15, -0.1) is 21.5 Å². The summed E-state index contributed by atoms with van der Waals surface area (Å²) in [6.45, 7) is 1.77. The summed E-state index contributed by atoms with van der Waals surface area (Å²) in [5, 5.41) is 17.9. The highest BCUT2D eigenvalue weighted by Crippen LogP contribution is 2.24. The zero-order valence-electron chi connectivity index (χ0n) is 15.0. The topological polar surface area (TPSA) is 85.8 Å². The van der Waals surface area contributed by atoms with Crippen molar-refractivity contribution in [3.63, 3.8) is 0 Å².